The summed E-state index contributed by atoms with van der Waals surface area (Å²) in [5.41, 5.74) is 5.46. The molecule has 9 aromatic rings. The van der Waals surface area contributed by atoms with Crippen LogP contribution in [-0.4, -0.2) is 15.0 Å². The van der Waals surface area contributed by atoms with E-state index in [-0.39, 0.29) is 28.4 Å². The average molecular weight is 619 g/mol. The Morgan fingerprint density at radius 1 is 0.333 bits per heavy atom. The van der Waals surface area contributed by atoms with E-state index >= 15 is 0 Å². The molecule has 0 aliphatic carbocycles. The molecule has 8 aromatic carbocycles. The fraction of sp³-hybridized carbons (Fsp3) is 0. The maximum Gasteiger partial charge on any atom is 0.164 e. The number of benzene rings is 8. The van der Waals surface area contributed by atoms with E-state index < -0.39 is 30.2 Å². The van der Waals surface area contributed by atoms with Crippen LogP contribution in [-0.2, 0) is 0 Å². The SMILES string of the molecule is [2H]c1c([2H])c([2H])c2c(-c3ccc4cc(-c5nc(-c6ccccc6)nc(-c6cccc7cc(-c8ccccc8)ccc67)n5)ccc4c3)c([2H])c([2H])c([2H])c2c1[2H]. The van der Waals surface area contributed by atoms with Crippen molar-refractivity contribution >= 4 is 32.3 Å². The normalized spacial score (nSPS) is 13.4. The molecule has 3 heteroatoms. The maximum atomic E-state index is 8.80. The van der Waals surface area contributed by atoms with Crippen LogP contribution < -0.4 is 0 Å². The van der Waals surface area contributed by atoms with Crippen LogP contribution in [0.3, 0.4) is 0 Å². The van der Waals surface area contributed by atoms with Gasteiger partial charge in [0.1, 0.15) is 0 Å². The third-order valence-electron chi connectivity index (χ3n) is 8.60. The largest absolute Gasteiger partial charge is 0.208 e. The summed E-state index contributed by atoms with van der Waals surface area (Å²) >= 11 is 0. The molecule has 0 N–H and O–H groups in total. The summed E-state index contributed by atoms with van der Waals surface area (Å²) in [5, 5.41) is 3.73. The molecular weight excluding hydrogens is 583 g/mol. The van der Waals surface area contributed by atoms with Crippen molar-refractivity contribution in [3.8, 4) is 56.4 Å². The monoisotopic (exact) mass is 618 g/mol. The third kappa shape index (κ3) is 5.08. The van der Waals surface area contributed by atoms with Crippen LogP contribution in [0.5, 0.6) is 0 Å². The average Bonchev–Trinajstić information content (AvgIpc) is 3.23. The number of nitrogens with zero attached hydrogens (tertiary/aromatic N) is 3. The summed E-state index contributed by atoms with van der Waals surface area (Å²) in [7, 11) is 0. The number of hydrogen-bond donors (Lipinski definition) is 0. The summed E-state index contributed by atoms with van der Waals surface area (Å²) in [5.74, 6) is 1.58. The van der Waals surface area contributed by atoms with Crippen molar-refractivity contribution in [2.75, 3.05) is 0 Å². The first kappa shape index (κ1) is 21.4. The van der Waals surface area contributed by atoms with E-state index in [4.69, 9.17) is 24.5 Å². The molecule has 0 atom stereocenters. The van der Waals surface area contributed by atoms with Gasteiger partial charge in [0.2, 0.25) is 0 Å². The highest BCUT2D eigenvalue weighted by molar-refractivity contribution is 6.00. The Bertz CT molecular complexity index is 3000. The fourth-order valence-corrected chi connectivity index (χ4v) is 6.20. The van der Waals surface area contributed by atoms with Gasteiger partial charge in [-0.2, -0.15) is 0 Å². The molecule has 3 nitrogen and oxygen atoms in total. The molecule has 0 aliphatic rings. The Hall–Kier alpha value is -6.45. The second-order valence-corrected chi connectivity index (χ2v) is 11.6. The summed E-state index contributed by atoms with van der Waals surface area (Å²) in [6.07, 6.45) is 0. The maximum absolute atomic E-state index is 8.80. The topological polar surface area (TPSA) is 38.7 Å². The van der Waals surface area contributed by atoms with E-state index in [1.807, 2.05) is 91.0 Å². The first-order chi connectivity index (χ1) is 26.7. The number of hydrogen-bond acceptors (Lipinski definition) is 3. The van der Waals surface area contributed by atoms with Gasteiger partial charge in [-0.05, 0) is 72.8 Å². The number of aromatic nitrogens is 3. The second kappa shape index (κ2) is 11.7. The van der Waals surface area contributed by atoms with Crippen molar-refractivity contribution < 1.29 is 9.60 Å². The molecule has 0 spiro atoms. The van der Waals surface area contributed by atoms with Crippen molar-refractivity contribution in [1.29, 1.82) is 0 Å². The molecule has 0 fully saturated rings. The van der Waals surface area contributed by atoms with E-state index in [2.05, 4.69) is 36.4 Å². The van der Waals surface area contributed by atoms with Gasteiger partial charge in [0.05, 0.1) is 9.60 Å². The lowest BCUT2D eigenvalue weighted by atomic mass is 9.95. The Labute approximate surface area is 288 Å². The van der Waals surface area contributed by atoms with Gasteiger partial charge in [0.15, 0.2) is 17.5 Å². The lowest BCUT2D eigenvalue weighted by molar-refractivity contribution is 1.08. The van der Waals surface area contributed by atoms with Crippen molar-refractivity contribution in [3.63, 3.8) is 0 Å². The van der Waals surface area contributed by atoms with E-state index in [0.29, 0.717) is 23.0 Å². The summed E-state index contributed by atoms with van der Waals surface area (Å²) in [4.78, 5) is 15.0. The molecule has 0 bridgehead atoms. The Kier molecular flexibility index (Phi) is 5.22. The molecule has 0 unspecified atom stereocenters. The quantitative estimate of drug-likeness (QED) is 0.193. The van der Waals surface area contributed by atoms with Crippen molar-refractivity contribution in [2.45, 2.75) is 0 Å². The minimum absolute atomic E-state index is 0.0591. The van der Waals surface area contributed by atoms with E-state index in [1.54, 1.807) is 6.07 Å². The molecule has 224 valence electrons. The molecule has 1 heterocycles. The van der Waals surface area contributed by atoms with Crippen LogP contribution in [0.2, 0.25) is 0 Å². The van der Waals surface area contributed by atoms with Crippen molar-refractivity contribution in [3.05, 3.63) is 176 Å². The lowest BCUT2D eigenvalue weighted by Crippen LogP contribution is -2.00. The number of rotatable bonds is 5. The highest BCUT2D eigenvalue weighted by atomic mass is 15.0. The van der Waals surface area contributed by atoms with Crippen LogP contribution in [0, 0.1) is 0 Å². The van der Waals surface area contributed by atoms with Gasteiger partial charge in [0.25, 0.3) is 0 Å². The number of fused-ring (bicyclic) bond motifs is 3. The minimum atomic E-state index is -0.477. The van der Waals surface area contributed by atoms with Gasteiger partial charge < -0.3 is 0 Å². The molecule has 1 aromatic heterocycles. The predicted octanol–water partition coefficient (Wildman–Crippen LogP) is 11.7. The van der Waals surface area contributed by atoms with Gasteiger partial charge in [0, 0.05) is 16.7 Å². The standard InChI is InChI=1S/C45H29N3/c1-3-11-30(12-4-1)33-25-26-41-36(27-33)17-10-20-42(41)45-47-43(32-14-5-2-6-15-32)46-44(48-45)38-24-22-34-28-37(23-21-35(34)29-38)40-19-9-16-31-13-7-8-18-39(31)40/h1-29H/i7D,8D,9D,13D,16D,18D,19D. The van der Waals surface area contributed by atoms with Crippen LogP contribution >= 0.6 is 0 Å². The van der Waals surface area contributed by atoms with Gasteiger partial charge in [-0.15, -0.1) is 0 Å². The fourth-order valence-electron chi connectivity index (χ4n) is 6.20. The van der Waals surface area contributed by atoms with Gasteiger partial charge >= 0.3 is 0 Å². The zero-order chi connectivity index (χ0) is 38.0. The zero-order valence-electron chi connectivity index (χ0n) is 32.5. The first-order valence-corrected chi connectivity index (χ1v) is 15.6. The molecular formula is C45H29N3. The first-order valence-electron chi connectivity index (χ1n) is 19.1. The van der Waals surface area contributed by atoms with E-state index in [1.165, 1.54) is 0 Å². The summed E-state index contributed by atoms with van der Waals surface area (Å²) < 4.78 is 59.4. The second-order valence-electron chi connectivity index (χ2n) is 11.6. The predicted molar refractivity (Wildman–Crippen MR) is 200 cm³/mol. The van der Waals surface area contributed by atoms with Gasteiger partial charge in [-0.25, -0.2) is 15.0 Å². The molecule has 0 amide bonds. The summed E-state index contributed by atoms with van der Waals surface area (Å²) in [6.45, 7) is 0. The molecule has 48 heavy (non-hydrogen) atoms. The Morgan fingerprint density at radius 2 is 0.958 bits per heavy atom. The molecule has 0 radical (unpaired) electrons. The zero-order valence-corrected chi connectivity index (χ0v) is 25.5. The summed E-state index contributed by atoms with van der Waals surface area (Å²) in [6, 6.07) is 41.2. The van der Waals surface area contributed by atoms with Crippen LogP contribution in [0.4, 0.5) is 0 Å². The molecule has 0 aliphatic heterocycles. The third-order valence-corrected chi connectivity index (χ3v) is 8.60. The molecule has 0 saturated carbocycles. The lowest BCUT2D eigenvalue weighted by Gasteiger charge is -2.12. The van der Waals surface area contributed by atoms with Gasteiger partial charge in [-0.3, -0.25) is 0 Å². The van der Waals surface area contributed by atoms with Crippen LogP contribution in [0.25, 0.3) is 88.7 Å². The smallest absolute Gasteiger partial charge is 0.164 e. The van der Waals surface area contributed by atoms with E-state index in [0.717, 1.165) is 49.4 Å². The molecule has 9 rings (SSSR count). The Morgan fingerprint density at radius 3 is 1.77 bits per heavy atom. The minimum Gasteiger partial charge on any atom is -0.208 e. The highest BCUT2D eigenvalue weighted by Crippen LogP contribution is 2.35. The van der Waals surface area contributed by atoms with Gasteiger partial charge in [-0.1, -0.05) is 158 Å². The van der Waals surface area contributed by atoms with Crippen molar-refractivity contribution in [1.82, 2.24) is 15.0 Å². The van der Waals surface area contributed by atoms with E-state index in [9.17, 15) is 0 Å². The highest BCUT2D eigenvalue weighted by Gasteiger charge is 2.15. The van der Waals surface area contributed by atoms with Crippen molar-refractivity contribution in [2.24, 2.45) is 0 Å². The van der Waals surface area contributed by atoms with Crippen LogP contribution in [0.15, 0.2) is 176 Å². The van der Waals surface area contributed by atoms with Crippen LogP contribution in [0.1, 0.15) is 9.60 Å². The molecule has 0 saturated heterocycles. The Balaban J connectivity index is 1.18.